The van der Waals surface area contributed by atoms with Crippen molar-refractivity contribution in [2.45, 2.75) is 26.2 Å². The van der Waals surface area contributed by atoms with Crippen LogP contribution < -0.4 is 10.1 Å². The molecule has 0 bridgehead atoms. The van der Waals surface area contributed by atoms with Crippen LogP contribution in [0.5, 0.6) is 5.75 Å². The van der Waals surface area contributed by atoms with E-state index in [1.807, 2.05) is 4.90 Å². The molecular formula is C17H26ClFN2O2. The summed E-state index contributed by atoms with van der Waals surface area (Å²) in [7, 11) is 0. The fourth-order valence-electron chi connectivity index (χ4n) is 2.70. The summed E-state index contributed by atoms with van der Waals surface area (Å²) in [5, 5.41) is 3.36. The van der Waals surface area contributed by atoms with E-state index in [1.165, 1.54) is 6.07 Å². The van der Waals surface area contributed by atoms with E-state index in [1.54, 1.807) is 18.2 Å². The van der Waals surface area contributed by atoms with Crippen molar-refractivity contribution in [3.63, 3.8) is 0 Å². The zero-order valence-electron chi connectivity index (χ0n) is 13.6. The normalized spacial score (nSPS) is 15.1. The summed E-state index contributed by atoms with van der Waals surface area (Å²) in [6, 6.07) is 6.26. The van der Waals surface area contributed by atoms with E-state index in [0.717, 1.165) is 39.0 Å². The number of carbonyl (C=O) groups is 1. The molecule has 1 aliphatic rings. The molecule has 1 aromatic carbocycles. The monoisotopic (exact) mass is 344 g/mol. The molecule has 0 unspecified atom stereocenters. The molecule has 130 valence electrons. The Morgan fingerprint density at radius 1 is 1.35 bits per heavy atom. The lowest BCUT2D eigenvalue weighted by molar-refractivity contribution is -0.133. The molecule has 1 saturated heterocycles. The van der Waals surface area contributed by atoms with Crippen molar-refractivity contribution in [1.29, 1.82) is 0 Å². The fourth-order valence-corrected chi connectivity index (χ4v) is 2.70. The second-order valence-corrected chi connectivity index (χ2v) is 5.66. The van der Waals surface area contributed by atoms with Crippen LogP contribution in [0.25, 0.3) is 0 Å². The molecule has 6 heteroatoms. The molecule has 1 aliphatic heterocycles. The van der Waals surface area contributed by atoms with Crippen LogP contribution >= 0.6 is 12.4 Å². The van der Waals surface area contributed by atoms with E-state index < -0.39 is 0 Å². The molecule has 2 rings (SSSR count). The average molecular weight is 345 g/mol. The molecule has 23 heavy (non-hydrogen) atoms. The number of para-hydroxylation sites is 1. The molecule has 1 N–H and O–H groups in total. The molecule has 0 atom stereocenters. The van der Waals surface area contributed by atoms with Crippen LogP contribution in [0.2, 0.25) is 0 Å². The Balaban J connectivity index is 0.00000264. The first-order valence-electron chi connectivity index (χ1n) is 8.06. The van der Waals surface area contributed by atoms with Gasteiger partial charge in [-0.3, -0.25) is 4.79 Å². The predicted molar refractivity (Wildman–Crippen MR) is 91.6 cm³/mol. The van der Waals surface area contributed by atoms with Gasteiger partial charge in [0.05, 0.1) is 13.0 Å². The summed E-state index contributed by atoms with van der Waals surface area (Å²) in [5.74, 6) is 0.579. The second kappa shape index (κ2) is 10.4. The van der Waals surface area contributed by atoms with E-state index in [0.29, 0.717) is 12.3 Å². The van der Waals surface area contributed by atoms with Crippen molar-refractivity contribution in [1.82, 2.24) is 10.2 Å². The van der Waals surface area contributed by atoms with Gasteiger partial charge in [0.25, 0.3) is 0 Å². The lowest BCUT2D eigenvalue weighted by Gasteiger charge is -2.32. The number of nitrogens with one attached hydrogen (secondary N) is 1. The number of hydrogen-bond acceptors (Lipinski definition) is 3. The first-order valence-corrected chi connectivity index (χ1v) is 8.06. The Hall–Kier alpha value is -1.33. The van der Waals surface area contributed by atoms with E-state index in [2.05, 4.69) is 12.2 Å². The molecule has 1 fully saturated rings. The summed E-state index contributed by atoms with van der Waals surface area (Å²) in [4.78, 5) is 14.0. The highest BCUT2D eigenvalue weighted by Crippen LogP contribution is 2.18. The van der Waals surface area contributed by atoms with Gasteiger partial charge in [0.1, 0.15) is 0 Å². The largest absolute Gasteiger partial charge is 0.490 e. The van der Waals surface area contributed by atoms with Gasteiger partial charge in [-0.1, -0.05) is 19.1 Å². The van der Waals surface area contributed by atoms with Crippen molar-refractivity contribution in [2.24, 2.45) is 5.92 Å². The lowest BCUT2D eigenvalue weighted by Crippen LogP contribution is -2.41. The van der Waals surface area contributed by atoms with Gasteiger partial charge < -0.3 is 15.0 Å². The predicted octanol–water partition coefficient (Wildman–Crippen LogP) is 2.86. The maximum atomic E-state index is 13.4. The zero-order chi connectivity index (χ0) is 15.8. The Bertz CT molecular complexity index is 479. The highest BCUT2D eigenvalue weighted by Gasteiger charge is 2.22. The summed E-state index contributed by atoms with van der Waals surface area (Å²) >= 11 is 0. The number of likely N-dealkylation sites (tertiary alicyclic amines) is 1. The van der Waals surface area contributed by atoms with E-state index in [-0.39, 0.29) is 36.5 Å². The van der Waals surface area contributed by atoms with Crippen LogP contribution in [0, 0.1) is 11.7 Å². The number of ether oxygens (including phenoxy) is 1. The van der Waals surface area contributed by atoms with Gasteiger partial charge in [-0.15, -0.1) is 12.4 Å². The van der Waals surface area contributed by atoms with Crippen LogP contribution in [-0.4, -0.2) is 43.6 Å². The van der Waals surface area contributed by atoms with Crippen molar-refractivity contribution in [3.05, 3.63) is 30.1 Å². The van der Waals surface area contributed by atoms with E-state index in [9.17, 15) is 9.18 Å². The molecular weight excluding hydrogens is 319 g/mol. The standard InChI is InChI=1S/C17H25FN2O2.ClH/c1-2-19-13-14-7-10-20(11-8-14)17(21)9-12-22-16-6-4-3-5-15(16)18;/h3-6,14,19H,2,7-13H2,1H3;1H. The molecule has 0 spiro atoms. The zero-order valence-corrected chi connectivity index (χ0v) is 14.4. The SMILES string of the molecule is CCNCC1CCN(C(=O)CCOc2ccccc2F)CC1.Cl. The Kier molecular flexibility index (Phi) is 8.95. The maximum absolute atomic E-state index is 13.4. The van der Waals surface area contributed by atoms with Crippen LogP contribution in [0.4, 0.5) is 4.39 Å². The van der Waals surface area contributed by atoms with Crippen molar-refractivity contribution >= 4 is 18.3 Å². The minimum absolute atomic E-state index is 0. The molecule has 4 nitrogen and oxygen atoms in total. The Morgan fingerprint density at radius 3 is 2.70 bits per heavy atom. The van der Waals surface area contributed by atoms with Gasteiger partial charge in [0, 0.05) is 13.1 Å². The third kappa shape index (κ3) is 6.36. The molecule has 0 aromatic heterocycles. The molecule has 1 heterocycles. The number of halogens is 2. The number of benzene rings is 1. The van der Waals surface area contributed by atoms with E-state index >= 15 is 0 Å². The number of hydrogen-bond donors (Lipinski definition) is 1. The minimum Gasteiger partial charge on any atom is -0.490 e. The summed E-state index contributed by atoms with van der Waals surface area (Å²) in [6.07, 6.45) is 2.39. The minimum atomic E-state index is -0.390. The molecule has 0 aliphatic carbocycles. The first-order chi connectivity index (χ1) is 10.7. The van der Waals surface area contributed by atoms with Gasteiger partial charge in [-0.2, -0.15) is 0 Å². The molecule has 0 radical (unpaired) electrons. The summed E-state index contributed by atoms with van der Waals surface area (Å²) in [6.45, 7) is 5.98. The highest BCUT2D eigenvalue weighted by molar-refractivity contribution is 5.85. The van der Waals surface area contributed by atoms with Gasteiger partial charge in [-0.05, 0) is 44.0 Å². The van der Waals surface area contributed by atoms with Gasteiger partial charge >= 0.3 is 0 Å². The van der Waals surface area contributed by atoms with Crippen LogP contribution in [0.15, 0.2) is 24.3 Å². The van der Waals surface area contributed by atoms with Gasteiger partial charge in [0.2, 0.25) is 5.91 Å². The van der Waals surface area contributed by atoms with Gasteiger partial charge in [-0.25, -0.2) is 4.39 Å². The highest BCUT2D eigenvalue weighted by atomic mass is 35.5. The number of amides is 1. The topological polar surface area (TPSA) is 41.6 Å². The number of piperidine rings is 1. The maximum Gasteiger partial charge on any atom is 0.225 e. The number of carbonyl (C=O) groups excluding carboxylic acids is 1. The van der Waals surface area contributed by atoms with E-state index in [4.69, 9.17) is 4.74 Å². The van der Waals surface area contributed by atoms with Crippen LogP contribution in [-0.2, 0) is 4.79 Å². The molecule has 0 saturated carbocycles. The summed E-state index contributed by atoms with van der Waals surface area (Å²) in [5.41, 5.74) is 0. The van der Waals surface area contributed by atoms with Crippen LogP contribution in [0.3, 0.4) is 0 Å². The first kappa shape index (κ1) is 19.7. The van der Waals surface area contributed by atoms with Crippen LogP contribution in [0.1, 0.15) is 26.2 Å². The third-order valence-electron chi connectivity index (χ3n) is 4.06. The number of nitrogens with zero attached hydrogens (tertiary/aromatic N) is 1. The number of rotatable bonds is 7. The molecule has 1 amide bonds. The fraction of sp³-hybridized carbons (Fsp3) is 0.588. The smallest absolute Gasteiger partial charge is 0.225 e. The lowest BCUT2D eigenvalue weighted by atomic mass is 9.96. The summed E-state index contributed by atoms with van der Waals surface area (Å²) < 4.78 is 18.7. The Morgan fingerprint density at radius 2 is 2.04 bits per heavy atom. The van der Waals surface area contributed by atoms with Crippen molar-refractivity contribution in [3.8, 4) is 5.75 Å². The average Bonchev–Trinajstić information content (AvgIpc) is 2.55. The third-order valence-corrected chi connectivity index (χ3v) is 4.06. The Labute approximate surface area is 143 Å². The second-order valence-electron chi connectivity index (χ2n) is 5.66. The van der Waals surface area contributed by atoms with Gasteiger partial charge in [0.15, 0.2) is 11.6 Å². The molecule has 1 aromatic rings. The quantitative estimate of drug-likeness (QED) is 0.827. The van der Waals surface area contributed by atoms with Crippen molar-refractivity contribution < 1.29 is 13.9 Å². The van der Waals surface area contributed by atoms with Crippen molar-refractivity contribution in [2.75, 3.05) is 32.8 Å².